The molecule has 0 aliphatic carbocycles. The molecule has 2 N–H and O–H groups in total. The molecule has 3 aliphatic heterocycles. The third-order valence-corrected chi connectivity index (χ3v) is 8.43. The monoisotopic (exact) mass is 524 g/mol. The molecule has 10 nitrogen and oxygen atoms in total. The number of piperidine rings is 2. The average molecular weight is 525 g/mol. The van der Waals surface area contributed by atoms with Crippen LogP contribution < -0.4 is 10.6 Å². The van der Waals surface area contributed by atoms with Crippen LogP contribution >= 0.6 is 0 Å². The maximum atomic E-state index is 14.0. The van der Waals surface area contributed by atoms with Gasteiger partial charge in [0.1, 0.15) is 17.5 Å². The highest BCUT2D eigenvalue weighted by atomic mass is 19.1. The molecule has 3 fully saturated rings. The molecular formula is C27H37FN8O2. The van der Waals surface area contributed by atoms with Crippen molar-refractivity contribution in [3.63, 3.8) is 0 Å². The van der Waals surface area contributed by atoms with E-state index in [2.05, 4.69) is 20.0 Å². The second kappa shape index (κ2) is 9.83. The normalized spacial score (nSPS) is 22.2. The number of carbonyl (C=O) groups excluding carboxylic acids is 1. The van der Waals surface area contributed by atoms with E-state index in [1.807, 2.05) is 15.9 Å². The van der Waals surface area contributed by atoms with Crippen molar-refractivity contribution in [1.82, 2.24) is 29.4 Å². The highest BCUT2D eigenvalue weighted by Gasteiger charge is 2.40. The van der Waals surface area contributed by atoms with Gasteiger partial charge >= 0.3 is 0 Å². The van der Waals surface area contributed by atoms with Crippen molar-refractivity contribution in [2.24, 2.45) is 11.8 Å². The number of hydrogen-bond acceptors (Lipinski definition) is 8. The van der Waals surface area contributed by atoms with Crippen LogP contribution in [0.2, 0.25) is 0 Å². The fourth-order valence-corrected chi connectivity index (χ4v) is 6.39. The number of furan rings is 1. The van der Waals surface area contributed by atoms with Crippen LogP contribution in [0.3, 0.4) is 0 Å². The highest BCUT2D eigenvalue weighted by Crippen LogP contribution is 2.35. The fourth-order valence-electron chi connectivity index (χ4n) is 6.39. The number of anilines is 2. The Morgan fingerprint density at radius 3 is 2.39 bits per heavy atom. The molecule has 38 heavy (non-hydrogen) atoms. The lowest BCUT2D eigenvalue weighted by molar-refractivity contribution is -0.135. The molecule has 1 atom stereocenters. The number of fused-ring (bicyclic) bond motifs is 1. The summed E-state index contributed by atoms with van der Waals surface area (Å²) in [7, 11) is 0. The average Bonchev–Trinajstić information content (AvgIpc) is 3.53. The summed E-state index contributed by atoms with van der Waals surface area (Å²) in [4.78, 5) is 28.9. The number of alkyl halides is 1. The van der Waals surface area contributed by atoms with Gasteiger partial charge in [-0.05, 0) is 83.0 Å². The summed E-state index contributed by atoms with van der Waals surface area (Å²) in [5.41, 5.74) is 5.63. The fraction of sp³-hybridized carbons (Fsp3) is 0.630. The quantitative estimate of drug-likeness (QED) is 0.524. The van der Waals surface area contributed by atoms with Crippen LogP contribution in [0.4, 0.5) is 16.2 Å². The summed E-state index contributed by atoms with van der Waals surface area (Å²) in [5, 5.41) is 4.40. The molecule has 204 valence electrons. The molecule has 0 radical (unpaired) electrons. The topological polar surface area (TPSA) is 109 Å². The first-order valence-corrected chi connectivity index (χ1v) is 13.8. The SMILES string of the molecule is CC(C)(F)CN1CCC(C2CCN(C(=O)[C@@H]3CCN3c3cc4nc(-c5ccco5)nn4c(N)n3)CC2)CC1. The Hall–Kier alpha value is -3.21. The number of likely N-dealkylation sites (tertiary alicyclic amines) is 2. The number of aromatic nitrogens is 4. The van der Waals surface area contributed by atoms with E-state index in [4.69, 9.17) is 10.2 Å². The van der Waals surface area contributed by atoms with Gasteiger partial charge in [-0.1, -0.05) is 0 Å². The molecule has 0 spiro atoms. The minimum Gasteiger partial charge on any atom is -0.461 e. The second-order valence-corrected chi connectivity index (χ2v) is 11.6. The minimum absolute atomic E-state index is 0.174. The molecule has 0 aromatic carbocycles. The molecule has 3 aromatic rings. The molecule has 3 saturated heterocycles. The Labute approximate surface area is 222 Å². The summed E-state index contributed by atoms with van der Waals surface area (Å²) >= 11 is 0. The van der Waals surface area contributed by atoms with Crippen molar-refractivity contribution in [1.29, 1.82) is 0 Å². The largest absolute Gasteiger partial charge is 0.461 e. The molecule has 11 heteroatoms. The van der Waals surface area contributed by atoms with Crippen molar-refractivity contribution < 1.29 is 13.6 Å². The van der Waals surface area contributed by atoms with Crippen LogP contribution in [-0.2, 0) is 4.79 Å². The van der Waals surface area contributed by atoms with Gasteiger partial charge in [0.05, 0.1) is 6.26 Å². The number of nitrogens with zero attached hydrogens (tertiary/aromatic N) is 7. The highest BCUT2D eigenvalue weighted by molar-refractivity contribution is 5.87. The summed E-state index contributed by atoms with van der Waals surface area (Å²) in [6.45, 7) is 8.14. The summed E-state index contributed by atoms with van der Waals surface area (Å²) in [5.74, 6) is 3.38. The van der Waals surface area contributed by atoms with E-state index < -0.39 is 5.67 Å². The number of halogens is 1. The first kappa shape index (κ1) is 25.1. The predicted molar refractivity (Wildman–Crippen MR) is 142 cm³/mol. The van der Waals surface area contributed by atoms with E-state index >= 15 is 0 Å². The van der Waals surface area contributed by atoms with Crippen LogP contribution in [-0.4, -0.2) is 86.3 Å². The molecule has 1 amide bonds. The third-order valence-electron chi connectivity index (χ3n) is 8.43. The van der Waals surface area contributed by atoms with E-state index in [1.165, 1.54) is 4.52 Å². The molecule has 0 saturated carbocycles. The van der Waals surface area contributed by atoms with Crippen LogP contribution in [0, 0.1) is 11.8 Å². The lowest BCUT2D eigenvalue weighted by atomic mass is 9.78. The smallest absolute Gasteiger partial charge is 0.245 e. The Morgan fingerprint density at radius 2 is 1.79 bits per heavy atom. The van der Waals surface area contributed by atoms with Crippen molar-refractivity contribution >= 4 is 23.3 Å². The molecule has 3 aliphatic rings. The van der Waals surface area contributed by atoms with Crippen LogP contribution in [0.15, 0.2) is 28.9 Å². The first-order valence-electron chi connectivity index (χ1n) is 13.8. The van der Waals surface area contributed by atoms with Gasteiger partial charge in [-0.2, -0.15) is 9.50 Å². The number of nitrogens with two attached hydrogens (primary N) is 1. The molecule has 0 unspecified atom stereocenters. The first-order chi connectivity index (χ1) is 18.2. The van der Waals surface area contributed by atoms with Gasteiger partial charge in [-0.3, -0.25) is 4.79 Å². The minimum atomic E-state index is -1.14. The van der Waals surface area contributed by atoms with Crippen molar-refractivity contribution in [3.8, 4) is 11.6 Å². The summed E-state index contributed by atoms with van der Waals surface area (Å²) < 4.78 is 20.9. The van der Waals surface area contributed by atoms with E-state index in [9.17, 15) is 9.18 Å². The predicted octanol–water partition coefficient (Wildman–Crippen LogP) is 3.24. The Morgan fingerprint density at radius 1 is 1.08 bits per heavy atom. The number of rotatable bonds is 6. The van der Waals surface area contributed by atoms with Crippen molar-refractivity contribution in [3.05, 3.63) is 24.5 Å². The van der Waals surface area contributed by atoms with Gasteiger partial charge in [0.25, 0.3) is 0 Å². The summed E-state index contributed by atoms with van der Waals surface area (Å²) in [6, 6.07) is 5.19. The van der Waals surface area contributed by atoms with E-state index in [-0.39, 0.29) is 17.9 Å². The molecular weight excluding hydrogens is 487 g/mol. The van der Waals surface area contributed by atoms with Gasteiger partial charge in [0, 0.05) is 32.2 Å². The van der Waals surface area contributed by atoms with E-state index in [0.29, 0.717) is 41.4 Å². The van der Waals surface area contributed by atoms with Gasteiger partial charge in [0.15, 0.2) is 11.4 Å². The maximum absolute atomic E-state index is 14.0. The molecule has 6 heterocycles. The van der Waals surface area contributed by atoms with E-state index in [0.717, 1.165) is 64.8 Å². The lowest BCUT2D eigenvalue weighted by Gasteiger charge is -2.45. The summed E-state index contributed by atoms with van der Waals surface area (Å²) in [6.07, 6.45) is 6.73. The second-order valence-electron chi connectivity index (χ2n) is 11.6. The van der Waals surface area contributed by atoms with Gasteiger partial charge in [-0.15, -0.1) is 5.10 Å². The van der Waals surface area contributed by atoms with Gasteiger partial charge in [0.2, 0.25) is 17.7 Å². The van der Waals surface area contributed by atoms with Crippen LogP contribution in [0.25, 0.3) is 17.2 Å². The Balaban J connectivity index is 1.05. The molecule has 0 bridgehead atoms. The lowest BCUT2D eigenvalue weighted by Crippen LogP contribution is -2.58. The zero-order valence-electron chi connectivity index (χ0n) is 22.2. The number of nitrogen functional groups attached to an aromatic ring is 1. The van der Waals surface area contributed by atoms with Crippen LogP contribution in [0.5, 0.6) is 0 Å². The van der Waals surface area contributed by atoms with E-state index in [1.54, 1.807) is 32.2 Å². The zero-order valence-corrected chi connectivity index (χ0v) is 22.2. The standard InChI is InChI=1S/C27H37FN8O2/c1-27(2,28)17-33-10-5-18(6-11-33)19-7-12-34(13-8-19)25(37)20-9-14-35(20)22-16-23-30-24(21-4-3-15-38-21)32-36(23)26(29)31-22/h3-4,15-16,18-20H,5-14,17H2,1-2H3,(H2,29,31)/t20-/m0/s1. The number of hydrogen-bond donors (Lipinski definition) is 1. The van der Waals surface area contributed by atoms with Crippen LogP contribution in [0.1, 0.15) is 46.0 Å². The van der Waals surface area contributed by atoms with Gasteiger partial charge < -0.3 is 24.9 Å². The Kier molecular flexibility index (Phi) is 6.49. The number of amides is 1. The molecule has 6 rings (SSSR count). The molecule has 3 aromatic heterocycles. The number of carbonyl (C=O) groups is 1. The maximum Gasteiger partial charge on any atom is 0.245 e. The third kappa shape index (κ3) is 4.95. The Bertz CT molecular complexity index is 1270. The van der Waals surface area contributed by atoms with Crippen molar-refractivity contribution in [2.45, 2.75) is 57.7 Å². The van der Waals surface area contributed by atoms with Crippen molar-refractivity contribution in [2.75, 3.05) is 49.9 Å². The zero-order chi connectivity index (χ0) is 26.4. The van der Waals surface area contributed by atoms with Gasteiger partial charge in [-0.25, -0.2) is 9.37 Å².